The lowest BCUT2D eigenvalue weighted by atomic mass is 9.70. The van der Waals surface area contributed by atoms with E-state index in [-0.39, 0.29) is 114 Å². The summed E-state index contributed by atoms with van der Waals surface area (Å²) in [7, 11) is -1.93. The first-order valence-electron chi connectivity index (χ1n) is 25.3. The highest BCUT2D eigenvalue weighted by atomic mass is 28.4. The lowest BCUT2D eigenvalue weighted by molar-refractivity contribution is -0.292. The van der Waals surface area contributed by atoms with Crippen molar-refractivity contribution in [3.05, 3.63) is 60.2 Å². The second-order valence-corrected chi connectivity index (χ2v) is 28.2. The maximum Gasteiger partial charge on any atom is 0.191 e. The maximum absolute atomic E-state index is 15.4. The van der Waals surface area contributed by atoms with Gasteiger partial charge in [0.15, 0.2) is 14.1 Å². The maximum atomic E-state index is 15.4. The Balaban J connectivity index is 0.968. The molecule has 0 amide bonds. The molecular formula is C53H78O10Si. The van der Waals surface area contributed by atoms with E-state index in [0.29, 0.717) is 44.1 Å². The number of ketones is 1. The molecule has 0 saturated carbocycles. The number of hydrogen-bond acceptors (Lipinski definition) is 10. The summed E-state index contributed by atoms with van der Waals surface area (Å²) in [4.78, 5) is 15.4. The van der Waals surface area contributed by atoms with Crippen molar-refractivity contribution in [1.29, 1.82) is 0 Å². The van der Waals surface area contributed by atoms with Crippen LogP contribution in [0.15, 0.2) is 54.6 Å². The smallest absolute Gasteiger partial charge is 0.191 e. The summed E-state index contributed by atoms with van der Waals surface area (Å²) < 4.78 is 62.6. The van der Waals surface area contributed by atoms with Crippen molar-refractivity contribution < 1.29 is 47.1 Å². The second kappa shape index (κ2) is 17.6. The normalized spacial score (nSPS) is 46.5. The largest absolute Gasteiger partial charge is 0.417 e. The lowest BCUT2D eigenvalue weighted by Gasteiger charge is -2.47. The average Bonchev–Trinajstić information content (AvgIpc) is 3.92. The molecule has 1 aromatic carbocycles. The zero-order valence-corrected chi connectivity index (χ0v) is 41.0. The Hall–Kier alpha value is -1.77. The molecule has 10 nitrogen and oxygen atoms in total. The van der Waals surface area contributed by atoms with Crippen LogP contribution in [0.2, 0.25) is 18.1 Å². The van der Waals surface area contributed by atoms with Gasteiger partial charge in [0.05, 0.1) is 54.9 Å². The van der Waals surface area contributed by atoms with Crippen molar-refractivity contribution in [2.45, 2.75) is 234 Å². The highest BCUT2D eigenvalue weighted by Gasteiger charge is 2.69. The van der Waals surface area contributed by atoms with Crippen LogP contribution in [0.3, 0.4) is 0 Å². The first-order chi connectivity index (χ1) is 30.5. The number of ether oxygens (including phenoxy) is 8. The van der Waals surface area contributed by atoms with Gasteiger partial charge < -0.3 is 42.3 Å². The van der Waals surface area contributed by atoms with Gasteiger partial charge in [0.25, 0.3) is 0 Å². The molecule has 10 aliphatic heterocycles. The van der Waals surface area contributed by atoms with E-state index in [0.717, 1.165) is 62.5 Å². The van der Waals surface area contributed by atoms with Gasteiger partial charge in [-0.15, -0.1) is 0 Å². The Morgan fingerprint density at radius 1 is 0.766 bits per heavy atom. The van der Waals surface area contributed by atoms with Gasteiger partial charge in [-0.3, -0.25) is 4.79 Å². The van der Waals surface area contributed by atoms with Gasteiger partial charge in [-0.25, -0.2) is 0 Å². The molecule has 10 aliphatic rings. The van der Waals surface area contributed by atoms with Crippen LogP contribution in [0, 0.1) is 23.7 Å². The molecule has 0 aromatic heterocycles. The van der Waals surface area contributed by atoms with Gasteiger partial charge in [0.1, 0.15) is 36.3 Å². The lowest BCUT2D eigenvalue weighted by Crippen LogP contribution is -2.61. The molecule has 11 rings (SSSR count). The van der Waals surface area contributed by atoms with Crippen LogP contribution in [0.4, 0.5) is 0 Å². The second-order valence-electron chi connectivity index (χ2n) is 23.4. The Morgan fingerprint density at radius 2 is 1.47 bits per heavy atom. The van der Waals surface area contributed by atoms with Crippen LogP contribution in [0.1, 0.15) is 130 Å². The summed E-state index contributed by atoms with van der Waals surface area (Å²) in [6, 6.07) is 10.5. The number of hydrogen-bond donors (Lipinski definition) is 0. The third-order valence-electron chi connectivity index (χ3n) is 17.9. The minimum Gasteiger partial charge on any atom is -0.417 e. The van der Waals surface area contributed by atoms with E-state index in [4.69, 9.17) is 42.3 Å². The van der Waals surface area contributed by atoms with Crippen molar-refractivity contribution in [2.75, 3.05) is 6.61 Å². The summed E-state index contributed by atoms with van der Waals surface area (Å²) in [6.45, 7) is 28.3. The fourth-order valence-corrected chi connectivity index (χ4v) is 14.3. The number of carbonyl (C=O) groups excluding carboxylic acids is 1. The third kappa shape index (κ3) is 8.66. The zero-order chi connectivity index (χ0) is 44.9. The van der Waals surface area contributed by atoms with Gasteiger partial charge in [-0.1, -0.05) is 85.0 Å². The number of fused-ring (bicyclic) bond motifs is 6. The molecular weight excluding hydrogens is 825 g/mol. The first-order valence-corrected chi connectivity index (χ1v) is 28.2. The minimum absolute atomic E-state index is 0.00312. The predicted molar refractivity (Wildman–Crippen MR) is 246 cm³/mol. The first kappa shape index (κ1) is 46.0. The Labute approximate surface area is 384 Å². The summed E-state index contributed by atoms with van der Waals surface area (Å²) in [5.74, 6) is -0.316. The molecule has 1 spiro atoms. The van der Waals surface area contributed by atoms with Crippen LogP contribution in [0.5, 0.6) is 0 Å². The molecule has 0 radical (unpaired) electrons. The quantitative estimate of drug-likeness (QED) is 0.203. The van der Waals surface area contributed by atoms with Crippen molar-refractivity contribution in [1.82, 2.24) is 0 Å². The third-order valence-corrected chi connectivity index (χ3v) is 22.4. The highest BCUT2D eigenvalue weighted by Crippen LogP contribution is 2.55. The molecule has 11 heteroatoms. The fourth-order valence-electron chi connectivity index (χ4n) is 13.1. The number of Topliss-reactive ketones (excluding diaryl/α,β-unsaturated/α-hetero) is 1. The van der Waals surface area contributed by atoms with Crippen molar-refractivity contribution >= 4 is 14.1 Å². The van der Waals surface area contributed by atoms with E-state index in [1.54, 1.807) is 0 Å². The Morgan fingerprint density at radius 3 is 2.25 bits per heavy atom. The molecule has 1 aromatic rings. The standard InChI is InChI=1S/C53H78O10Si/c1-29(28-55-64(9,10)52(6,7)8)22-41-33(5)45-43(59-41)26-42-32(4)30(2)23-35(57-42)16-18-39-31(3)24-37(56-39)20-21-53-27-44-48(62-53)49-50(61-44)51(63-53)47-40(60-49)19-17-36(58-47)25-38(54)46(45)34-14-12-11-13-15-34/h11-15,29-30,33,35-37,39-51H,3-4,16-28H2,1-2,5-10H3/t29-,30+,33-,35?,36+,37?,39-,40-,41+,42+,43?,44+,45+,46?,47-,48-,49-,50+,51-,53-/m0/s1. The molecule has 0 N–H and O–H groups in total. The predicted octanol–water partition coefficient (Wildman–Crippen LogP) is 9.79. The SMILES string of the molecule is C=C1CC2CC[C@@]34C[C@H]5O[C@H]6[C@@H](O3)[C@H]3O[C@H](CC[C@@H]3O[C@H]6[C@H]5O4)CC(=O)C(c3ccccc3)[C@H]3C(C[C@H]4OC(CC[C@@H]1O2)C[C@@H](C)C4=C)O[C@H](C[C@H](C)CO[Si](C)(C)C(C)(C)C)[C@@H]3C. The van der Waals surface area contributed by atoms with Crippen molar-refractivity contribution in [3.8, 4) is 0 Å². The number of benzene rings is 1. The van der Waals surface area contributed by atoms with Crippen molar-refractivity contribution in [3.63, 3.8) is 0 Å². The van der Waals surface area contributed by atoms with Gasteiger partial charge in [-0.05, 0) is 104 Å². The van der Waals surface area contributed by atoms with Crippen LogP contribution in [-0.2, 0) is 47.1 Å². The monoisotopic (exact) mass is 903 g/mol. The van der Waals surface area contributed by atoms with E-state index in [1.165, 1.54) is 5.57 Å². The van der Waals surface area contributed by atoms with E-state index in [2.05, 4.69) is 92.1 Å². The van der Waals surface area contributed by atoms with E-state index in [1.807, 2.05) is 6.07 Å². The highest BCUT2D eigenvalue weighted by molar-refractivity contribution is 6.74. The summed E-state index contributed by atoms with van der Waals surface area (Å²) in [6.07, 6.45) is 7.09. The Kier molecular flexibility index (Phi) is 12.7. The van der Waals surface area contributed by atoms with Gasteiger partial charge in [0, 0.05) is 44.1 Å². The number of carbonyl (C=O) groups is 1. The van der Waals surface area contributed by atoms with Crippen LogP contribution in [-0.4, -0.2) is 112 Å². The minimum atomic E-state index is -1.93. The van der Waals surface area contributed by atoms with E-state index < -0.39 is 14.1 Å². The van der Waals surface area contributed by atoms with Gasteiger partial charge >= 0.3 is 0 Å². The van der Waals surface area contributed by atoms with E-state index >= 15 is 4.79 Å². The van der Waals surface area contributed by atoms with Gasteiger partial charge in [0.2, 0.25) is 0 Å². The molecule has 12 bridgehead atoms. The van der Waals surface area contributed by atoms with Crippen LogP contribution in [0.25, 0.3) is 0 Å². The fraction of sp³-hybridized carbons (Fsp3) is 0.792. The average molecular weight is 903 g/mol. The summed E-state index contributed by atoms with van der Waals surface area (Å²) in [5, 5.41) is 0.137. The summed E-state index contributed by atoms with van der Waals surface area (Å²) in [5.41, 5.74) is 3.34. The molecule has 0 aliphatic carbocycles. The molecule has 20 atom stereocenters. The molecule has 10 saturated heterocycles. The van der Waals surface area contributed by atoms with Crippen LogP contribution >= 0.6 is 0 Å². The van der Waals surface area contributed by atoms with E-state index in [9.17, 15) is 0 Å². The molecule has 354 valence electrons. The Bertz CT molecular complexity index is 1880. The number of rotatable bonds is 6. The molecule has 4 unspecified atom stereocenters. The zero-order valence-electron chi connectivity index (χ0n) is 40.0. The van der Waals surface area contributed by atoms with Gasteiger partial charge in [-0.2, -0.15) is 0 Å². The topological polar surface area (TPSA) is 100 Å². The van der Waals surface area contributed by atoms with Crippen molar-refractivity contribution in [2.24, 2.45) is 23.7 Å². The van der Waals surface area contributed by atoms with Crippen LogP contribution < -0.4 is 0 Å². The summed E-state index contributed by atoms with van der Waals surface area (Å²) >= 11 is 0. The molecule has 10 fully saturated rings. The molecule has 64 heavy (non-hydrogen) atoms. The molecule has 10 heterocycles.